The van der Waals surface area contributed by atoms with Crippen LogP contribution >= 0.6 is 0 Å². The lowest BCUT2D eigenvalue weighted by atomic mass is 9.85. The zero-order chi connectivity index (χ0) is 90.5. The van der Waals surface area contributed by atoms with Crippen molar-refractivity contribution in [3.05, 3.63) is 266 Å². The summed E-state index contributed by atoms with van der Waals surface area (Å²) in [7, 11) is -11.5. The van der Waals surface area contributed by atoms with Crippen LogP contribution in [0.25, 0.3) is 0 Å². The van der Waals surface area contributed by atoms with Crippen LogP contribution in [0.5, 0.6) is 0 Å². The second-order valence-corrected chi connectivity index (χ2v) is 37.5. The number of sulfonamides is 3. The molecule has 25 nitrogen and oxygen atoms in total. The van der Waals surface area contributed by atoms with Gasteiger partial charge in [-0.15, -0.1) is 0 Å². The molecule has 656 valence electrons. The van der Waals surface area contributed by atoms with E-state index >= 15 is 0 Å². The van der Waals surface area contributed by atoms with Crippen molar-refractivity contribution in [3.8, 4) is 24.3 Å². The van der Waals surface area contributed by atoms with Gasteiger partial charge in [0.15, 0.2) is 28.2 Å². The van der Waals surface area contributed by atoms with Crippen LogP contribution in [0.15, 0.2) is 173 Å². The lowest BCUT2D eigenvalue weighted by molar-refractivity contribution is -0.125. The van der Waals surface area contributed by atoms with Crippen LogP contribution in [-0.4, -0.2) is 145 Å². The standard InChI is InChI=1S/C31H30FN5O3S.C30H28F4N4O3S.C30H32FN5O3S.CH2O2/c1-21-25(18-34)15-28(16-29(21)32)41(39,40)37-14-13-30(37)31(38)36(27-11-7-22(17-33)8-12-27)20-26-10-9-24(19-35-26)23-5-3-2-4-6-23;1-18-25(31)27(33)29(28(34)26(18)32)42(40,41)38-14-13-24(38)30(39)37(23-11-7-19(15-35)8-12-23)17-22-10-9-21(16-36-22)20-5-3-2-4-6-20;1-21-24(18-32)16-27(17-28(21)31)40(38,39)36-15-12-29(36)30(37)35(26-6-4-3-5-7-26)20-25-9-8-23(19-33-25)22-10-13-34(2)14-11-22;2-1-3/h7-12,15-16,19,23,30H,2-6,13-14,20H2,1H3;7-12,16,20,24H,2-6,13-14,17H2,1H3;3-9,16-17,19,22,29H,10-15,20H2,1-2H3;1H,(H,2,3)/t30-;24-;29-;/m111./s1. The summed E-state index contributed by atoms with van der Waals surface area (Å²) in [5.74, 6) is -9.48. The maximum Gasteiger partial charge on any atom is 0.290 e. The average molecular weight is 1780 g/mol. The van der Waals surface area contributed by atoms with Gasteiger partial charge in [0.2, 0.25) is 47.8 Å². The number of para-hydroxylation sites is 1. The summed E-state index contributed by atoms with van der Waals surface area (Å²) in [6, 6.07) is 41.8. The van der Waals surface area contributed by atoms with Crippen LogP contribution < -0.4 is 14.7 Å². The number of likely N-dealkylation sites (tertiary alicyclic amines) is 1. The van der Waals surface area contributed by atoms with Crippen LogP contribution in [0.1, 0.15) is 187 Å². The molecule has 0 radical (unpaired) electrons. The zero-order valence-corrected chi connectivity index (χ0v) is 72.0. The van der Waals surface area contributed by atoms with Gasteiger partial charge in [-0.25, -0.2) is 51.6 Å². The number of aromatic nitrogens is 3. The Hall–Kier alpha value is -12.1. The van der Waals surface area contributed by atoms with Gasteiger partial charge in [0.1, 0.15) is 29.8 Å². The van der Waals surface area contributed by atoms with Gasteiger partial charge in [-0.2, -0.15) is 34.0 Å². The van der Waals surface area contributed by atoms with Crippen molar-refractivity contribution in [2.75, 3.05) is 54.5 Å². The van der Waals surface area contributed by atoms with Gasteiger partial charge in [-0.3, -0.25) is 34.1 Å². The quantitative estimate of drug-likeness (QED) is 0.0397. The van der Waals surface area contributed by atoms with Crippen molar-refractivity contribution < 1.29 is 75.9 Å². The first-order valence-corrected chi connectivity index (χ1v) is 45.6. The Balaban J connectivity index is 0.000000169. The van der Waals surface area contributed by atoms with Crippen molar-refractivity contribution >= 4 is 71.3 Å². The molecule has 15 rings (SSSR count). The summed E-state index contributed by atoms with van der Waals surface area (Å²) in [4.78, 5) is 68.0. The van der Waals surface area contributed by atoms with E-state index in [1.807, 2.05) is 67.0 Å². The van der Waals surface area contributed by atoms with Gasteiger partial charge in [0, 0.05) is 72.0 Å². The van der Waals surface area contributed by atoms with Gasteiger partial charge in [-0.1, -0.05) is 74.9 Å². The monoisotopic (exact) mass is 1780 g/mol. The first-order valence-electron chi connectivity index (χ1n) is 41.3. The van der Waals surface area contributed by atoms with Crippen LogP contribution in [-0.2, 0) is 68.9 Å². The zero-order valence-electron chi connectivity index (χ0n) is 69.6. The van der Waals surface area contributed by atoms with E-state index in [1.165, 1.54) is 90.8 Å². The molecular weight excluding hydrogens is 1690 g/mol. The second-order valence-electron chi connectivity index (χ2n) is 31.9. The van der Waals surface area contributed by atoms with Crippen LogP contribution in [0.2, 0.25) is 0 Å². The van der Waals surface area contributed by atoms with Crippen molar-refractivity contribution in [2.45, 2.75) is 187 Å². The van der Waals surface area contributed by atoms with E-state index in [2.05, 4.69) is 45.1 Å². The van der Waals surface area contributed by atoms with Crippen LogP contribution in [0.4, 0.5) is 43.4 Å². The number of carbonyl (C=O) groups excluding carboxylic acids is 3. The van der Waals surface area contributed by atoms with Crippen molar-refractivity contribution in [2.24, 2.45) is 0 Å². The van der Waals surface area contributed by atoms with Gasteiger partial charge < -0.3 is 24.7 Å². The van der Waals surface area contributed by atoms with E-state index in [0.29, 0.717) is 80.2 Å². The number of hydrogen-bond acceptors (Lipinski definition) is 18. The molecule has 9 aromatic rings. The average Bonchev–Trinajstić information content (AvgIpc) is 0.738. The number of hydrogen-bond donors (Lipinski definition) is 1. The highest BCUT2D eigenvalue weighted by atomic mass is 32.2. The molecule has 6 fully saturated rings. The maximum absolute atomic E-state index is 14.7. The Morgan fingerprint density at radius 1 is 0.421 bits per heavy atom. The molecule has 1 N–H and O–H groups in total. The highest BCUT2D eigenvalue weighted by Crippen LogP contribution is 2.40. The fraction of sp³-hybridized carbons (Fsp3) is 0.359. The topological polar surface area (TPSA) is 347 Å². The van der Waals surface area contributed by atoms with E-state index in [9.17, 15) is 87.0 Å². The molecule has 2 saturated carbocycles. The van der Waals surface area contributed by atoms with Gasteiger partial charge in [0.05, 0.1) is 93.0 Å². The van der Waals surface area contributed by atoms with E-state index in [-0.39, 0.29) is 90.1 Å². The van der Waals surface area contributed by atoms with Gasteiger partial charge >= 0.3 is 0 Å². The Kier molecular flexibility index (Phi) is 30.2. The third-order valence-corrected chi connectivity index (χ3v) is 29.9. The summed E-state index contributed by atoms with van der Waals surface area (Å²) in [5, 5.41) is 44.0. The second kappa shape index (κ2) is 40.9. The van der Waals surface area contributed by atoms with Crippen LogP contribution in [0, 0.1) is 101 Å². The fourth-order valence-electron chi connectivity index (χ4n) is 16.3. The number of anilines is 3. The number of benzene rings is 6. The summed E-state index contributed by atoms with van der Waals surface area (Å²) in [6.07, 6.45) is 20.0. The van der Waals surface area contributed by atoms with Gasteiger partial charge in [0.25, 0.3) is 6.47 Å². The van der Waals surface area contributed by atoms with Crippen molar-refractivity contribution in [1.82, 2.24) is 32.8 Å². The SMILES string of the molecule is Cc1c(F)c(F)c(S(=O)(=O)N2CC[C@@H]2C(=O)N(Cc2ccc(C3CCCCC3)cn2)c2ccc(C#N)cc2)c(F)c1F.Cc1c(F)cc(S(=O)(=O)N2CC[C@@H]2C(=O)N(Cc2ccc(C3CCCCC3)cn2)c2ccc(C#N)cc2)cc1C#N.Cc1c(F)cc(S(=O)(=O)N2CC[C@@H]2C(=O)N(Cc2ccc(C3CCN(C)CC3)cn2)c2ccccc2)cc1C#N.O=CO. The fourth-order valence-corrected chi connectivity index (χ4v) is 21.4. The normalized spacial score (nSPS) is 17.7. The molecule has 6 aromatic carbocycles. The summed E-state index contributed by atoms with van der Waals surface area (Å²) >= 11 is 0. The predicted molar refractivity (Wildman–Crippen MR) is 454 cm³/mol. The third kappa shape index (κ3) is 20.5. The molecule has 3 amide bonds. The Morgan fingerprint density at radius 2 is 0.746 bits per heavy atom. The Bertz CT molecular complexity index is 6020. The predicted octanol–water partition coefficient (Wildman–Crippen LogP) is 15.1. The lowest BCUT2D eigenvalue weighted by Crippen LogP contribution is -2.59. The number of nitrogens with zero attached hydrogens (tertiary/aromatic N) is 14. The molecule has 126 heavy (non-hydrogen) atoms. The largest absolute Gasteiger partial charge is 0.483 e. The summed E-state index contributed by atoms with van der Waals surface area (Å²) < 4.78 is 170. The molecule has 0 unspecified atom stereocenters. The third-order valence-electron chi connectivity index (χ3n) is 24.2. The number of carbonyl (C=O) groups is 4. The summed E-state index contributed by atoms with van der Waals surface area (Å²) in [5.41, 5.74) is 6.61. The lowest BCUT2D eigenvalue weighted by Gasteiger charge is -2.41. The van der Waals surface area contributed by atoms with E-state index in [0.717, 1.165) is 104 Å². The molecule has 7 heterocycles. The first kappa shape index (κ1) is 93.0. The number of amides is 3. The number of rotatable bonds is 21. The Labute approximate surface area is 728 Å². The molecule has 34 heteroatoms. The molecule has 3 atom stereocenters. The molecule has 0 spiro atoms. The minimum absolute atomic E-state index is 0.0128. The molecule has 2 aliphatic carbocycles. The van der Waals surface area contributed by atoms with Crippen molar-refractivity contribution in [1.29, 1.82) is 21.0 Å². The molecule has 4 aliphatic heterocycles. The molecule has 6 aliphatic rings. The molecule has 0 bridgehead atoms. The number of halogens is 6. The number of carboxylic acid groups (broad SMARTS) is 1. The first-order chi connectivity index (χ1) is 60.4. The Morgan fingerprint density at radius 3 is 1.05 bits per heavy atom. The molecule has 4 saturated heterocycles. The highest BCUT2D eigenvalue weighted by molar-refractivity contribution is 7.89. The minimum Gasteiger partial charge on any atom is -0.483 e. The molecular formula is C92H92F6N14O11S3. The number of piperidine rings is 1. The highest BCUT2D eigenvalue weighted by Gasteiger charge is 2.50. The minimum atomic E-state index is -5.14. The van der Waals surface area contributed by atoms with Crippen LogP contribution in [0.3, 0.4) is 0 Å². The molecule has 3 aromatic heterocycles. The maximum atomic E-state index is 14.7. The smallest absolute Gasteiger partial charge is 0.290 e. The van der Waals surface area contributed by atoms with E-state index < -0.39 is 105 Å². The van der Waals surface area contributed by atoms with Gasteiger partial charge in [-0.05, 0) is 236 Å². The van der Waals surface area contributed by atoms with E-state index in [4.69, 9.17) is 9.90 Å². The summed E-state index contributed by atoms with van der Waals surface area (Å²) in [6.45, 7) is 5.63. The van der Waals surface area contributed by atoms with E-state index in [1.54, 1.807) is 53.6 Å². The van der Waals surface area contributed by atoms with Crippen molar-refractivity contribution in [3.63, 3.8) is 0 Å². The number of nitriles is 4. The number of pyridine rings is 3.